The lowest BCUT2D eigenvalue weighted by Crippen LogP contribution is -2.36. The highest BCUT2D eigenvalue weighted by atomic mass is 15.1. The molecule has 0 rings (SSSR count). The normalized spacial score (nSPS) is 15.0. The van der Waals surface area contributed by atoms with E-state index in [9.17, 15) is 0 Å². The third-order valence-electron chi connectivity index (χ3n) is 4.28. The third kappa shape index (κ3) is 8.13. The molecule has 1 nitrogen and oxygen atoms in total. The second kappa shape index (κ2) is 12.0. The standard InChI is InChI=1S/C17H37N/c1-6-10-14-18(15-11-7-2)17(9-4)13-12-16(5)8-3/h16-17H,6-15H2,1-5H3. The summed E-state index contributed by atoms with van der Waals surface area (Å²) in [5.41, 5.74) is 0. The molecule has 0 radical (unpaired) electrons. The molecule has 2 atom stereocenters. The zero-order valence-electron chi connectivity index (χ0n) is 13.7. The maximum atomic E-state index is 2.77. The van der Waals surface area contributed by atoms with Crippen molar-refractivity contribution in [2.24, 2.45) is 5.92 Å². The first kappa shape index (κ1) is 18.0. The Morgan fingerprint density at radius 3 is 1.72 bits per heavy atom. The van der Waals surface area contributed by atoms with Crippen LogP contribution < -0.4 is 0 Å². The van der Waals surface area contributed by atoms with Crippen LogP contribution in [0, 0.1) is 5.92 Å². The monoisotopic (exact) mass is 255 g/mol. The maximum absolute atomic E-state index is 2.77. The van der Waals surface area contributed by atoms with Crippen molar-refractivity contribution in [3.8, 4) is 0 Å². The molecule has 18 heavy (non-hydrogen) atoms. The quantitative estimate of drug-likeness (QED) is 0.445. The van der Waals surface area contributed by atoms with Crippen molar-refractivity contribution in [3.63, 3.8) is 0 Å². The van der Waals surface area contributed by atoms with Gasteiger partial charge in [0.1, 0.15) is 0 Å². The Morgan fingerprint density at radius 1 is 0.778 bits per heavy atom. The van der Waals surface area contributed by atoms with Crippen molar-refractivity contribution in [3.05, 3.63) is 0 Å². The first-order valence-corrected chi connectivity index (χ1v) is 8.43. The van der Waals surface area contributed by atoms with Crippen molar-refractivity contribution in [2.75, 3.05) is 13.1 Å². The van der Waals surface area contributed by atoms with Gasteiger partial charge in [0.15, 0.2) is 0 Å². The Labute approximate surface area is 116 Å². The Balaban J connectivity index is 4.20. The molecular formula is C17H37N. The molecule has 0 fully saturated rings. The highest BCUT2D eigenvalue weighted by Gasteiger charge is 2.16. The van der Waals surface area contributed by atoms with Crippen LogP contribution in [0.3, 0.4) is 0 Å². The molecule has 0 aliphatic rings. The van der Waals surface area contributed by atoms with Gasteiger partial charge in [0.25, 0.3) is 0 Å². The van der Waals surface area contributed by atoms with Crippen LogP contribution in [0.25, 0.3) is 0 Å². The van der Waals surface area contributed by atoms with Crippen LogP contribution in [0.5, 0.6) is 0 Å². The molecular weight excluding hydrogens is 218 g/mol. The number of hydrogen-bond acceptors (Lipinski definition) is 1. The summed E-state index contributed by atoms with van der Waals surface area (Å²) < 4.78 is 0. The Bertz CT molecular complexity index is 159. The first-order chi connectivity index (χ1) is 8.69. The average molecular weight is 255 g/mol. The summed E-state index contributed by atoms with van der Waals surface area (Å²) in [5.74, 6) is 0.901. The molecule has 0 bridgehead atoms. The van der Waals surface area contributed by atoms with E-state index in [4.69, 9.17) is 0 Å². The predicted octanol–water partition coefficient (Wildman–Crippen LogP) is 5.49. The second-order valence-corrected chi connectivity index (χ2v) is 5.90. The molecule has 0 aliphatic heterocycles. The van der Waals surface area contributed by atoms with Crippen LogP contribution in [0.2, 0.25) is 0 Å². The summed E-state index contributed by atoms with van der Waals surface area (Å²) >= 11 is 0. The minimum atomic E-state index is 0.831. The van der Waals surface area contributed by atoms with Crippen molar-refractivity contribution < 1.29 is 0 Å². The summed E-state index contributed by atoms with van der Waals surface area (Å²) in [4.78, 5) is 2.77. The van der Waals surface area contributed by atoms with Gasteiger partial charge in [-0.2, -0.15) is 0 Å². The second-order valence-electron chi connectivity index (χ2n) is 5.90. The van der Waals surface area contributed by atoms with E-state index in [0.717, 1.165) is 12.0 Å². The zero-order chi connectivity index (χ0) is 13.8. The SMILES string of the molecule is CCCCN(CCCC)C(CC)CCC(C)CC. The Hall–Kier alpha value is -0.0400. The fraction of sp³-hybridized carbons (Fsp3) is 1.00. The Morgan fingerprint density at radius 2 is 1.33 bits per heavy atom. The van der Waals surface area contributed by atoms with Crippen LogP contribution in [0.15, 0.2) is 0 Å². The van der Waals surface area contributed by atoms with Gasteiger partial charge in [-0.3, -0.25) is 0 Å². The molecule has 0 aromatic heterocycles. The topological polar surface area (TPSA) is 3.24 Å². The van der Waals surface area contributed by atoms with Gasteiger partial charge in [0.2, 0.25) is 0 Å². The van der Waals surface area contributed by atoms with Gasteiger partial charge >= 0.3 is 0 Å². The largest absolute Gasteiger partial charge is 0.300 e. The number of unbranched alkanes of at least 4 members (excludes halogenated alkanes) is 2. The van der Waals surface area contributed by atoms with Crippen LogP contribution in [0.1, 0.15) is 86.0 Å². The summed E-state index contributed by atoms with van der Waals surface area (Å²) in [6.07, 6.45) is 10.8. The van der Waals surface area contributed by atoms with E-state index < -0.39 is 0 Å². The van der Waals surface area contributed by atoms with Gasteiger partial charge in [0, 0.05) is 6.04 Å². The molecule has 0 spiro atoms. The van der Waals surface area contributed by atoms with E-state index in [1.54, 1.807) is 0 Å². The van der Waals surface area contributed by atoms with Crippen molar-refractivity contribution in [2.45, 2.75) is 92.0 Å². The predicted molar refractivity (Wildman–Crippen MR) is 84.2 cm³/mol. The van der Waals surface area contributed by atoms with E-state index in [-0.39, 0.29) is 0 Å². The van der Waals surface area contributed by atoms with Gasteiger partial charge in [-0.25, -0.2) is 0 Å². The van der Waals surface area contributed by atoms with E-state index >= 15 is 0 Å². The fourth-order valence-electron chi connectivity index (χ4n) is 2.53. The highest BCUT2D eigenvalue weighted by Crippen LogP contribution is 2.18. The number of rotatable bonds is 12. The third-order valence-corrected chi connectivity index (χ3v) is 4.28. The maximum Gasteiger partial charge on any atom is 0.00927 e. The molecule has 0 saturated heterocycles. The van der Waals surface area contributed by atoms with Gasteiger partial charge in [-0.1, -0.05) is 53.9 Å². The lowest BCUT2D eigenvalue weighted by atomic mass is 9.97. The van der Waals surface area contributed by atoms with E-state index in [1.807, 2.05) is 0 Å². The van der Waals surface area contributed by atoms with Gasteiger partial charge in [0.05, 0.1) is 0 Å². The number of nitrogens with zero attached hydrogens (tertiary/aromatic N) is 1. The van der Waals surface area contributed by atoms with E-state index in [0.29, 0.717) is 0 Å². The van der Waals surface area contributed by atoms with Crippen LogP contribution >= 0.6 is 0 Å². The molecule has 0 saturated carbocycles. The highest BCUT2D eigenvalue weighted by molar-refractivity contribution is 4.71. The van der Waals surface area contributed by atoms with Crippen molar-refractivity contribution in [1.82, 2.24) is 4.90 Å². The summed E-state index contributed by atoms with van der Waals surface area (Å²) in [6.45, 7) is 14.3. The average Bonchev–Trinajstić information content (AvgIpc) is 2.40. The van der Waals surface area contributed by atoms with Gasteiger partial charge in [-0.15, -0.1) is 0 Å². The molecule has 2 unspecified atom stereocenters. The van der Waals surface area contributed by atoms with Crippen LogP contribution in [0.4, 0.5) is 0 Å². The smallest absolute Gasteiger partial charge is 0.00927 e. The molecule has 0 aliphatic carbocycles. The van der Waals surface area contributed by atoms with Gasteiger partial charge in [-0.05, 0) is 51.1 Å². The summed E-state index contributed by atoms with van der Waals surface area (Å²) in [7, 11) is 0. The fourth-order valence-corrected chi connectivity index (χ4v) is 2.53. The Kier molecular flexibility index (Phi) is 12.0. The minimum Gasteiger partial charge on any atom is -0.300 e. The first-order valence-electron chi connectivity index (χ1n) is 8.43. The van der Waals surface area contributed by atoms with Crippen molar-refractivity contribution in [1.29, 1.82) is 0 Å². The molecule has 0 aromatic rings. The molecule has 110 valence electrons. The lowest BCUT2D eigenvalue weighted by molar-refractivity contribution is 0.168. The van der Waals surface area contributed by atoms with Crippen molar-refractivity contribution >= 4 is 0 Å². The number of hydrogen-bond donors (Lipinski definition) is 0. The van der Waals surface area contributed by atoms with E-state index in [2.05, 4.69) is 39.5 Å². The molecule has 1 heteroatoms. The zero-order valence-corrected chi connectivity index (χ0v) is 13.7. The molecule has 0 aromatic carbocycles. The van der Waals surface area contributed by atoms with Gasteiger partial charge < -0.3 is 4.90 Å². The van der Waals surface area contributed by atoms with Crippen LogP contribution in [-0.2, 0) is 0 Å². The summed E-state index contributed by atoms with van der Waals surface area (Å²) in [6, 6.07) is 0.831. The van der Waals surface area contributed by atoms with Crippen LogP contribution in [-0.4, -0.2) is 24.0 Å². The van der Waals surface area contributed by atoms with E-state index in [1.165, 1.54) is 64.5 Å². The lowest BCUT2D eigenvalue weighted by Gasteiger charge is -2.32. The molecule has 0 amide bonds. The molecule has 0 N–H and O–H groups in total. The molecule has 0 heterocycles. The minimum absolute atomic E-state index is 0.831. The summed E-state index contributed by atoms with van der Waals surface area (Å²) in [5, 5.41) is 0.